The van der Waals surface area contributed by atoms with E-state index in [1.807, 2.05) is 0 Å². The lowest BCUT2D eigenvalue weighted by molar-refractivity contribution is -0.117. The monoisotopic (exact) mass is 221 g/mol. The highest BCUT2D eigenvalue weighted by Gasteiger charge is 2.17. The molecule has 5 nitrogen and oxygen atoms in total. The van der Waals surface area contributed by atoms with Crippen LogP contribution in [0.3, 0.4) is 0 Å². The molecule has 1 amide bonds. The summed E-state index contributed by atoms with van der Waals surface area (Å²) in [6.07, 6.45) is 7.15. The minimum absolute atomic E-state index is 0.00685. The van der Waals surface area contributed by atoms with Crippen molar-refractivity contribution in [1.82, 2.24) is 9.97 Å². The molecule has 0 unspecified atom stereocenters. The maximum Gasteiger partial charge on any atom is 0.225 e. The predicted octanol–water partition coefficient (Wildman–Crippen LogP) is 1.23. The van der Waals surface area contributed by atoms with Crippen molar-refractivity contribution in [2.75, 3.05) is 18.5 Å². The van der Waals surface area contributed by atoms with Crippen LogP contribution in [0, 0.1) is 5.92 Å². The minimum Gasteiger partial charge on any atom is -0.381 e. The SMILES string of the molecule is O=C(CC1CCOCC1)Nc1cnccn1. The van der Waals surface area contributed by atoms with Crippen LogP contribution in [0.25, 0.3) is 0 Å². The average Bonchev–Trinajstić information content (AvgIpc) is 2.31. The number of hydrogen-bond donors (Lipinski definition) is 1. The summed E-state index contributed by atoms with van der Waals surface area (Å²) in [7, 11) is 0. The molecule has 0 bridgehead atoms. The van der Waals surface area contributed by atoms with Gasteiger partial charge in [0, 0.05) is 32.0 Å². The summed E-state index contributed by atoms with van der Waals surface area (Å²) in [5, 5.41) is 2.74. The van der Waals surface area contributed by atoms with E-state index < -0.39 is 0 Å². The highest BCUT2D eigenvalue weighted by Crippen LogP contribution is 2.18. The minimum atomic E-state index is 0.00685. The van der Waals surface area contributed by atoms with Crippen LogP contribution in [-0.2, 0) is 9.53 Å². The van der Waals surface area contributed by atoms with Gasteiger partial charge in [-0.2, -0.15) is 0 Å². The summed E-state index contributed by atoms with van der Waals surface area (Å²) in [6, 6.07) is 0. The number of carbonyl (C=O) groups is 1. The van der Waals surface area contributed by atoms with Crippen molar-refractivity contribution in [1.29, 1.82) is 0 Å². The Kier molecular flexibility index (Phi) is 3.82. The Morgan fingerprint density at radius 1 is 1.44 bits per heavy atom. The Bertz CT molecular complexity index is 336. The molecular weight excluding hydrogens is 206 g/mol. The molecule has 1 aliphatic heterocycles. The van der Waals surface area contributed by atoms with Crippen molar-refractivity contribution in [2.45, 2.75) is 19.3 Å². The molecule has 0 aliphatic carbocycles. The van der Waals surface area contributed by atoms with E-state index in [9.17, 15) is 4.79 Å². The van der Waals surface area contributed by atoms with Gasteiger partial charge in [-0.3, -0.25) is 9.78 Å². The van der Waals surface area contributed by atoms with Gasteiger partial charge in [0.2, 0.25) is 5.91 Å². The molecule has 1 saturated heterocycles. The molecule has 0 saturated carbocycles. The molecule has 1 aromatic rings. The second kappa shape index (κ2) is 5.55. The first-order chi connectivity index (χ1) is 7.84. The molecule has 0 radical (unpaired) electrons. The van der Waals surface area contributed by atoms with Gasteiger partial charge in [-0.25, -0.2) is 4.98 Å². The Balaban J connectivity index is 1.80. The third kappa shape index (κ3) is 3.27. The first kappa shape index (κ1) is 11.0. The van der Waals surface area contributed by atoms with Crippen molar-refractivity contribution in [3.8, 4) is 0 Å². The molecule has 0 atom stereocenters. The Morgan fingerprint density at radius 3 is 2.94 bits per heavy atom. The van der Waals surface area contributed by atoms with Crippen molar-refractivity contribution < 1.29 is 9.53 Å². The average molecular weight is 221 g/mol. The maximum absolute atomic E-state index is 11.7. The van der Waals surface area contributed by atoms with E-state index in [-0.39, 0.29) is 5.91 Å². The Labute approximate surface area is 94.2 Å². The van der Waals surface area contributed by atoms with E-state index in [2.05, 4.69) is 15.3 Å². The second-order valence-electron chi connectivity index (χ2n) is 3.90. The largest absolute Gasteiger partial charge is 0.381 e. The molecule has 1 aromatic heterocycles. The quantitative estimate of drug-likeness (QED) is 0.833. The Hall–Kier alpha value is -1.49. The first-order valence-electron chi connectivity index (χ1n) is 5.48. The third-order valence-corrected chi connectivity index (χ3v) is 2.65. The standard InChI is InChI=1S/C11H15N3O2/c15-11(7-9-1-5-16-6-2-9)14-10-8-12-3-4-13-10/h3-4,8-9H,1-2,5-7H2,(H,13,14,15). The van der Waals surface area contributed by atoms with E-state index in [4.69, 9.17) is 4.74 Å². The second-order valence-corrected chi connectivity index (χ2v) is 3.90. The number of aromatic nitrogens is 2. The van der Waals surface area contributed by atoms with Gasteiger partial charge < -0.3 is 10.1 Å². The van der Waals surface area contributed by atoms with Crippen LogP contribution >= 0.6 is 0 Å². The van der Waals surface area contributed by atoms with Crippen LogP contribution in [-0.4, -0.2) is 29.1 Å². The molecule has 16 heavy (non-hydrogen) atoms. The van der Waals surface area contributed by atoms with Crippen molar-refractivity contribution >= 4 is 11.7 Å². The van der Waals surface area contributed by atoms with Crippen molar-refractivity contribution in [3.63, 3.8) is 0 Å². The molecule has 5 heteroatoms. The summed E-state index contributed by atoms with van der Waals surface area (Å²) >= 11 is 0. The summed E-state index contributed by atoms with van der Waals surface area (Å²) in [5.41, 5.74) is 0. The van der Waals surface area contributed by atoms with Gasteiger partial charge in [-0.05, 0) is 18.8 Å². The topological polar surface area (TPSA) is 64.1 Å². The van der Waals surface area contributed by atoms with Crippen LogP contribution < -0.4 is 5.32 Å². The number of ether oxygens (including phenoxy) is 1. The molecular formula is C11H15N3O2. The zero-order valence-electron chi connectivity index (χ0n) is 9.06. The molecule has 2 heterocycles. The van der Waals surface area contributed by atoms with Gasteiger partial charge in [-0.15, -0.1) is 0 Å². The molecule has 2 rings (SSSR count). The van der Waals surface area contributed by atoms with Crippen molar-refractivity contribution in [2.24, 2.45) is 5.92 Å². The van der Waals surface area contributed by atoms with Gasteiger partial charge in [0.15, 0.2) is 5.82 Å². The molecule has 0 spiro atoms. The van der Waals surface area contributed by atoms with Gasteiger partial charge in [0.1, 0.15) is 0 Å². The summed E-state index contributed by atoms with van der Waals surface area (Å²) < 4.78 is 5.25. The lowest BCUT2D eigenvalue weighted by Crippen LogP contribution is -2.22. The highest BCUT2D eigenvalue weighted by atomic mass is 16.5. The lowest BCUT2D eigenvalue weighted by Gasteiger charge is -2.21. The lowest BCUT2D eigenvalue weighted by atomic mass is 9.96. The molecule has 1 fully saturated rings. The fraction of sp³-hybridized carbons (Fsp3) is 0.545. The van der Waals surface area contributed by atoms with Crippen LogP contribution in [0.15, 0.2) is 18.6 Å². The number of anilines is 1. The van der Waals surface area contributed by atoms with E-state index in [0.29, 0.717) is 18.2 Å². The maximum atomic E-state index is 11.7. The van der Waals surface area contributed by atoms with E-state index in [1.54, 1.807) is 18.6 Å². The molecule has 1 N–H and O–H groups in total. The molecule has 86 valence electrons. The van der Waals surface area contributed by atoms with E-state index >= 15 is 0 Å². The third-order valence-electron chi connectivity index (χ3n) is 2.65. The smallest absolute Gasteiger partial charge is 0.225 e. The number of carbonyl (C=O) groups excluding carboxylic acids is 1. The van der Waals surface area contributed by atoms with Crippen molar-refractivity contribution in [3.05, 3.63) is 18.6 Å². The van der Waals surface area contributed by atoms with Gasteiger partial charge >= 0.3 is 0 Å². The van der Waals surface area contributed by atoms with Crippen LogP contribution in [0.4, 0.5) is 5.82 Å². The van der Waals surface area contributed by atoms with Gasteiger partial charge in [-0.1, -0.05) is 0 Å². The molecule has 0 aromatic carbocycles. The first-order valence-corrected chi connectivity index (χ1v) is 5.48. The summed E-state index contributed by atoms with van der Waals surface area (Å²) in [6.45, 7) is 1.53. The zero-order chi connectivity index (χ0) is 11.2. The van der Waals surface area contributed by atoms with Gasteiger partial charge in [0.05, 0.1) is 6.20 Å². The number of hydrogen-bond acceptors (Lipinski definition) is 4. The predicted molar refractivity (Wildman–Crippen MR) is 58.8 cm³/mol. The fourth-order valence-electron chi connectivity index (χ4n) is 1.77. The van der Waals surface area contributed by atoms with E-state index in [0.717, 1.165) is 26.1 Å². The number of rotatable bonds is 3. The number of nitrogens with zero attached hydrogens (tertiary/aromatic N) is 2. The van der Waals surface area contributed by atoms with Crippen LogP contribution in [0.5, 0.6) is 0 Å². The Morgan fingerprint density at radius 2 is 2.25 bits per heavy atom. The van der Waals surface area contributed by atoms with E-state index in [1.165, 1.54) is 0 Å². The number of amides is 1. The fourth-order valence-corrected chi connectivity index (χ4v) is 1.77. The zero-order valence-corrected chi connectivity index (χ0v) is 9.06. The summed E-state index contributed by atoms with van der Waals surface area (Å²) in [5.74, 6) is 0.956. The summed E-state index contributed by atoms with van der Waals surface area (Å²) in [4.78, 5) is 19.5. The number of nitrogens with one attached hydrogen (secondary N) is 1. The van der Waals surface area contributed by atoms with Crippen LogP contribution in [0.2, 0.25) is 0 Å². The molecule has 1 aliphatic rings. The van der Waals surface area contributed by atoms with Crippen LogP contribution in [0.1, 0.15) is 19.3 Å². The highest BCUT2D eigenvalue weighted by molar-refractivity contribution is 5.89. The normalized spacial score (nSPS) is 17.0. The van der Waals surface area contributed by atoms with Gasteiger partial charge in [0.25, 0.3) is 0 Å².